The molecule has 1 aromatic heterocycles. The van der Waals surface area contributed by atoms with Crippen molar-refractivity contribution in [1.82, 2.24) is 9.62 Å². The molecule has 114 valence electrons. The van der Waals surface area contributed by atoms with Crippen LogP contribution in [0, 0.1) is 0 Å². The highest BCUT2D eigenvalue weighted by atomic mass is 32.2. The topological polar surface area (TPSA) is 58.6 Å². The lowest BCUT2D eigenvalue weighted by Crippen LogP contribution is -2.40. The smallest absolute Gasteiger partial charge is 0.252 e. The fourth-order valence-electron chi connectivity index (χ4n) is 2.24. The van der Waals surface area contributed by atoms with Crippen molar-refractivity contribution in [1.29, 1.82) is 0 Å². The van der Waals surface area contributed by atoms with Crippen molar-refractivity contribution < 1.29 is 13.2 Å². The average Bonchev–Trinajstić information content (AvgIpc) is 2.94. The molecule has 1 aromatic rings. The van der Waals surface area contributed by atoms with Gasteiger partial charge in [-0.1, -0.05) is 6.92 Å². The van der Waals surface area contributed by atoms with Gasteiger partial charge < -0.3 is 10.1 Å². The van der Waals surface area contributed by atoms with Crippen molar-refractivity contribution in [3.63, 3.8) is 0 Å². The van der Waals surface area contributed by atoms with Gasteiger partial charge in [-0.3, -0.25) is 0 Å². The Hall–Kier alpha value is -0.470. The second-order valence-electron chi connectivity index (χ2n) is 4.92. The Kier molecular flexibility index (Phi) is 5.57. The molecule has 0 spiro atoms. The van der Waals surface area contributed by atoms with E-state index in [-0.39, 0.29) is 6.04 Å². The number of rotatable bonds is 6. The van der Waals surface area contributed by atoms with Crippen molar-refractivity contribution in [2.24, 2.45) is 0 Å². The molecule has 2 heterocycles. The Balaban J connectivity index is 2.10. The molecule has 5 nitrogen and oxygen atoms in total. The summed E-state index contributed by atoms with van der Waals surface area (Å²) < 4.78 is 32.4. The van der Waals surface area contributed by atoms with E-state index in [1.165, 1.54) is 15.6 Å². The van der Waals surface area contributed by atoms with Gasteiger partial charge in [-0.05, 0) is 36.4 Å². The van der Waals surface area contributed by atoms with Crippen molar-refractivity contribution in [2.75, 3.05) is 26.8 Å². The summed E-state index contributed by atoms with van der Waals surface area (Å²) in [5, 5.41) is 5.11. The van der Waals surface area contributed by atoms with E-state index in [1.807, 2.05) is 12.3 Å². The standard InChI is InChI=1S/C13H22N2O3S2/c1-3-14-9-11-8-13(19-10-11)20(16,17)15(2)12-4-6-18-7-5-12/h8,10,12,14H,3-7,9H2,1-2H3. The fourth-order valence-corrected chi connectivity index (χ4v) is 5.05. The second-order valence-corrected chi connectivity index (χ2v) is 8.05. The van der Waals surface area contributed by atoms with Gasteiger partial charge in [-0.15, -0.1) is 11.3 Å². The predicted molar refractivity (Wildman–Crippen MR) is 80.5 cm³/mol. The van der Waals surface area contributed by atoms with Gasteiger partial charge in [-0.2, -0.15) is 4.31 Å². The number of hydrogen-bond donors (Lipinski definition) is 1. The predicted octanol–water partition coefficient (Wildman–Crippen LogP) is 1.66. The summed E-state index contributed by atoms with van der Waals surface area (Å²) in [6, 6.07) is 1.83. The van der Waals surface area contributed by atoms with Crippen LogP contribution >= 0.6 is 11.3 Å². The van der Waals surface area contributed by atoms with E-state index < -0.39 is 10.0 Å². The molecular weight excluding hydrogens is 296 g/mol. The number of nitrogens with zero attached hydrogens (tertiary/aromatic N) is 1. The third kappa shape index (κ3) is 3.59. The van der Waals surface area contributed by atoms with Crippen LogP contribution in [0.2, 0.25) is 0 Å². The average molecular weight is 318 g/mol. The van der Waals surface area contributed by atoms with Crippen molar-refractivity contribution in [3.05, 3.63) is 17.0 Å². The summed E-state index contributed by atoms with van der Waals surface area (Å²) in [5.41, 5.74) is 1.02. The molecule has 0 aliphatic carbocycles. The summed E-state index contributed by atoms with van der Waals surface area (Å²) in [6.07, 6.45) is 1.54. The second kappa shape index (κ2) is 7.00. The summed E-state index contributed by atoms with van der Waals surface area (Å²) in [4.78, 5) is 0. The van der Waals surface area contributed by atoms with E-state index in [4.69, 9.17) is 4.74 Å². The molecule has 0 bridgehead atoms. The van der Waals surface area contributed by atoms with Crippen LogP contribution in [-0.2, 0) is 21.3 Å². The molecule has 7 heteroatoms. The number of thiophene rings is 1. The molecule has 1 aliphatic heterocycles. The maximum Gasteiger partial charge on any atom is 0.252 e. The lowest BCUT2D eigenvalue weighted by atomic mass is 10.1. The van der Waals surface area contributed by atoms with E-state index in [2.05, 4.69) is 5.32 Å². The molecule has 0 atom stereocenters. The normalized spacial score (nSPS) is 17.8. The Labute approximate surface area is 125 Å². The van der Waals surface area contributed by atoms with Crippen LogP contribution in [0.1, 0.15) is 25.3 Å². The lowest BCUT2D eigenvalue weighted by Gasteiger charge is -2.29. The molecule has 0 amide bonds. The van der Waals surface area contributed by atoms with Crippen molar-refractivity contribution in [2.45, 2.75) is 36.6 Å². The van der Waals surface area contributed by atoms with Crippen LogP contribution < -0.4 is 5.32 Å². The zero-order valence-corrected chi connectivity index (χ0v) is 13.6. The maximum absolute atomic E-state index is 12.6. The summed E-state index contributed by atoms with van der Waals surface area (Å²) in [6.45, 7) is 4.90. The van der Waals surface area contributed by atoms with Gasteiger partial charge >= 0.3 is 0 Å². The van der Waals surface area contributed by atoms with Crippen molar-refractivity contribution in [3.8, 4) is 0 Å². The van der Waals surface area contributed by atoms with Crippen LogP contribution in [0.15, 0.2) is 15.7 Å². The van der Waals surface area contributed by atoms with Crippen LogP contribution in [0.25, 0.3) is 0 Å². The van der Waals surface area contributed by atoms with Gasteiger partial charge in [0.1, 0.15) is 4.21 Å². The third-order valence-electron chi connectivity index (χ3n) is 3.55. The van der Waals surface area contributed by atoms with Crippen LogP contribution in [0.5, 0.6) is 0 Å². The molecule has 0 radical (unpaired) electrons. The molecule has 1 saturated heterocycles. The number of hydrogen-bond acceptors (Lipinski definition) is 5. The van der Waals surface area contributed by atoms with E-state index in [1.54, 1.807) is 13.1 Å². The van der Waals surface area contributed by atoms with E-state index >= 15 is 0 Å². The molecule has 0 aromatic carbocycles. The van der Waals surface area contributed by atoms with E-state index in [9.17, 15) is 8.42 Å². The number of sulfonamides is 1. The summed E-state index contributed by atoms with van der Waals surface area (Å²) in [7, 11) is -1.70. The largest absolute Gasteiger partial charge is 0.381 e. The highest BCUT2D eigenvalue weighted by molar-refractivity contribution is 7.91. The number of nitrogens with one attached hydrogen (secondary N) is 1. The molecule has 1 N–H and O–H groups in total. The first-order chi connectivity index (χ1) is 9.55. The minimum atomic E-state index is -3.37. The Bertz CT molecular complexity index is 521. The molecule has 0 saturated carbocycles. The lowest BCUT2D eigenvalue weighted by molar-refractivity contribution is 0.0632. The zero-order valence-electron chi connectivity index (χ0n) is 12.0. The van der Waals surface area contributed by atoms with E-state index in [0.29, 0.717) is 24.0 Å². The minimum Gasteiger partial charge on any atom is -0.381 e. The Morgan fingerprint density at radius 3 is 2.80 bits per heavy atom. The van der Waals surface area contributed by atoms with Gasteiger partial charge in [0, 0.05) is 32.8 Å². The zero-order chi connectivity index (χ0) is 14.6. The maximum atomic E-state index is 12.6. The van der Waals surface area contributed by atoms with Crippen LogP contribution in [-0.4, -0.2) is 45.6 Å². The van der Waals surface area contributed by atoms with Gasteiger partial charge in [0.2, 0.25) is 0 Å². The fraction of sp³-hybridized carbons (Fsp3) is 0.692. The van der Waals surface area contributed by atoms with Gasteiger partial charge in [0.25, 0.3) is 10.0 Å². The first kappa shape index (κ1) is 15.9. The number of ether oxygens (including phenoxy) is 1. The molecule has 2 rings (SSSR count). The highest BCUT2D eigenvalue weighted by Crippen LogP contribution is 2.26. The minimum absolute atomic E-state index is 0.0491. The monoisotopic (exact) mass is 318 g/mol. The molecule has 20 heavy (non-hydrogen) atoms. The van der Waals surface area contributed by atoms with Gasteiger partial charge in [-0.25, -0.2) is 8.42 Å². The summed E-state index contributed by atoms with van der Waals surface area (Å²) >= 11 is 1.30. The third-order valence-corrected chi connectivity index (χ3v) is 6.92. The molecule has 1 aliphatic rings. The Morgan fingerprint density at radius 1 is 1.45 bits per heavy atom. The quantitative estimate of drug-likeness (QED) is 0.866. The SMILES string of the molecule is CCNCc1csc(S(=O)(=O)N(C)C2CCOCC2)c1. The van der Waals surface area contributed by atoms with Gasteiger partial charge in [0.05, 0.1) is 0 Å². The van der Waals surface area contributed by atoms with Crippen molar-refractivity contribution >= 4 is 21.4 Å². The molecule has 0 unspecified atom stereocenters. The van der Waals surface area contributed by atoms with Crippen LogP contribution in [0.3, 0.4) is 0 Å². The van der Waals surface area contributed by atoms with Gasteiger partial charge in [0.15, 0.2) is 0 Å². The first-order valence-corrected chi connectivity index (χ1v) is 9.21. The molecule has 1 fully saturated rings. The highest BCUT2D eigenvalue weighted by Gasteiger charge is 2.30. The summed E-state index contributed by atoms with van der Waals surface area (Å²) in [5.74, 6) is 0. The first-order valence-electron chi connectivity index (χ1n) is 6.89. The van der Waals surface area contributed by atoms with E-state index in [0.717, 1.165) is 24.9 Å². The molecular formula is C13H22N2O3S2. The van der Waals surface area contributed by atoms with Crippen LogP contribution in [0.4, 0.5) is 0 Å². The Morgan fingerprint density at radius 2 is 2.15 bits per heavy atom.